The molecule has 5 N–H and O–H groups in total. The van der Waals surface area contributed by atoms with Crippen molar-refractivity contribution in [3.8, 4) is 11.1 Å². The number of H-pyrrole nitrogens is 1. The number of amides is 3. The number of nitrogens with zero attached hydrogens (tertiary/aromatic N) is 6. The van der Waals surface area contributed by atoms with Crippen molar-refractivity contribution in [2.45, 2.75) is 63.5 Å². The number of benzene rings is 1. The quantitative estimate of drug-likeness (QED) is 0.0779. The zero-order chi connectivity index (χ0) is 45.1. The predicted octanol–water partition coefficient (Wildman–Crippen LogP) is 4.32. The molecule has 1 atom stereocenters. The summed E-state index contributed by atoms with van der Waals surface area (Å²) in [6.45, 7) is 4.89. The number of aromatic nitrogens is 4. The van der Waals surface area contributed by atoms with Crippen LogP contribution in [0.4, 0.5) is 26.0 Å². The van der Waals surface area contributed by atoms with Crippen molar-refractivity contribution < 1.29 is 36.4 Å². The summed E-state index contributed by atoms with van der Waals surface area (Å²) in [5.74, 6) is -3.06. The van der Waals surface area contributed by atoms with Crippen LogP contribution >= 0.6 is 0 Å². The molecule has 3 aliphatic rings. The molecule has 0 saturated carbocycles. The Morgan fingerprint density at radius 3 is 2.42 bits per heavy atom. The molecule has 8 rings (SSSR count). The first-order chi connectivity index (χ1) is 30.8. The minimum atomic E-state index is -4.15. The molecule has 0 radical (unpaired) electrons. The minimum Gasteiger partial charge on any atom is -0.372 e. The standard InChI is InChI=1S/C44H49F2N11O6S/c1-3-55(2)64(62,63)54-35-7-5-33(45)40(41(35)46)42(60)32-24-50-43-31(32)20-28(22-49-43)27-10-15-47-37(21-27)57-18-13-29(14-19-57)52-39(59)25-56-16-11-26(12-17-56)34-6-4-30(23-48-34)51-36-8-9-38(58)53-44(36)61/h4-7,10,15,20-24,26,29,36,51,54H,3,8-9,11-14,16-19,25H2,1-2H3,(H,49,50)(H,52,59)(H,53,58,61). The van der Waals surface area contributed by atoms with E-state index in [0.717, 1.165) is 78.0 Å². The van der Waals surface area contributed by atoms with Gasteiger partial charge in [0.1, 0.15) is 23.3 Å². The summed E-state index contributed by atoms with van der Waals surface area (Å²) in [7, 11) is -2.85. The second-order valence-electron chi connectivity index (χ2n) is 16.4. The van der Waals surface area contributed by atoms with Gasteiger partial charge in [-0.05, 0) is 93.2 Å². The molecule has 4 aromatic heterocycles. The van der Waals surface area contributed by atoms with Crippen molar-refractivity contribution in [2.75, 3.05) is 61.3 Å². The Kier molecular flexibility index (Phi) is 13.0. The summed E-state index contributed by atoms with van der Waals surface area (Å²) in [5, 5.41) is 9.05. The molecule has 3 aliphatic heterocycles. The Morgan fingerprint density at radius 1 is 0.922 bits per heavy atom. The first-order valence-corrected chi connectivity index (χ1v) is 22.7. The fourth-order valence-corrected chi connectivity index (χ4v) is 9.29. The molecule has 17 nitrogen and oxygen atoms in total. The van der Waals surface area contributed by atoms with E-state index >= 15 is 8.78 Å². The Balaban J connectivity index is 0.835. The number of likely N-dealkylation sites (tertiary alicyclic amines) is 1. The molecule has 3 fully saturated rings. The highest BCUT2D eigenvalue weighted by molar-refractivity contribution is 7.90. The minimum absolute atomic E-state index is 0.00729. The SMILES string of the molecule is CCN(C)S(=O)(=O)Nc1ccc(F)c(C(=O)c2c[nH]c3ncc(-c4ccnc(N5CCC(NC(=O)CN6CCC(c7ccc(NC8CCC(=O)NC8=O)cn7)CC6)CC5)c4)cc23)c1F. The van der Waals surface area contributed by atoms with E-state index in [2.05, 4.69) is 50.4 Å². The van der Waals surface area contributed by atoms with Gasteiger partial charge in [-0.25, -0.2) is 18.7 Å². The Hall–Kier alpha value is -6.38. The molecular formula is C44H49F2N11O6S. The maximum Gasteiger partial charge on any atom is 0.301 e. The molecular weight excluding hydrogens is 849 g/mol. The molecule has 5 aromatic rings. The lowest BCUT2D eigenvalue weighted by atomic mass is 9.93. The summed E-state index contributed by atoms with van der Waals surface area (Å²) in [6, 6.07) is 10.6. The van der Waals surface area contributed by atoms with Crippen LogP contribution in [0.2, 0.25) is 0 Å². The van der Waals surface area contributed by atoms with Gasteiger partial charge in [-0.2, -0.15) is 12.7 Å². The van der Waals surface area contributed by atoms with Crippen molar-refractivity contribution >= 4 is 61.9 Å². The number of halogens is 2. The monoisotopic (exact) mass is 897 g/mol. The summed E-state index contributed by atoms with van der Waals surface area (Å²) in [6.07, 6.45) is 10.3. The molecule has 336 valence electrons. The number of imide groups is 1. The van der Waals surface area contributed by atoms with Crippen LogP contribution < -0.4 is 25.6 Å². The van der Waals surface area contributed by atoms with Gasteiger partial charge >= 0.3 is 10.2 Å². The van der Waals surface area contributed by atoms with E-state index in [0.29, 0.717) is 49.1 Å². The van der Waals surface area contributed by atoms with Gasteiger partial charge < -0.3 is 20.5 Å². The highest BCUT2D eigenvalue weighted by atomic mass is 32.2. The van der Waals surface area contributed by atoms with Gasteiger partial charge in [0.05, 0.1) is 29.7 Å². The summed E-state index contributed by atoms with van der Waals surface area (Å²) in [5.41, 5.74) is 1.90. The van der Waals surface area contributed by atoms with Crippen LogP contribution in [-0.2, 0) is 24.6 Å². The van der Waals surface area contributed by atoms with Crippen LogP contribution in [0, 0.1) is 11.6 Å². The Bertz CT molecular complexity index is 2680. The number of hydrogen-bond acceptors (Lipinski definition) is 12. The first-order valence-electron chi connectivity index (χ1n) is 21.3. The largest absolute Gasteiger partial charge is 0.372 e. The third-order valence-corrected chi connectivity index (χ3v) is 13.7. The number of rotatable bonds is 14. The third-order valence-electron chi connectivity index (χ3n) is 12.2. The summed E-state index contributed by atoms with van der Waals surface area (Å²) < 4.78 is 58.9. The molecule has 0 aliphatic carbocycles. The molecule has 0 bridgehead atoms. The van der Waals surface area contributed by atoms with E-state index in [-0.39, 0.29) is 41.8 Å². The van der Waals surface area contributed by atoms with Crippen LogP contribution in [-0.4, -0.2) is 119 Å². The van der Waals surface area contributed by atoms with Crippen LogP contribution in [0.1, 0.15) is 73.0 Å². The number of fused-ring (bicyclic) bond motifs is 1. The van der Waals surface area contributed by atoms with Crippen LogP contribution in [0.25, 0.3) is 22.2 Å². The number of anilines is 3. The van der Waals surface area contributed by atoms with Crippen molar-refractivity contribution in [1.29, 1.82) is 0 Å². The highest BCUT2D eigenvalue weighted by Gasteiger charge is 2.30. The van der Waals surface area contributed by atoms with Crippen LogP contribution in [0.15, 0.2) is 67.3 Å². The number of ketones is 1. The lowest BCUT2D eigenvalue weighted by molar-refractivity contribution is -0.133. The van der Waals surface area contributed by atoms with Gasteiger partial charge in [0, 0.05) is 85.9 Å². The number of carbonyl (C=O) groups is 4. The number of hydrogen-bond donors (Lipinski definition) is 5. The van der Waals surface area contributed by atoms with Gasteiger partial charge in [-0.1, -0.05) is 6.92 Å². The second-order valence-corrected chi connectivity index (χ2v) is 18.1. The number of carbonyl (C=O) groups excluding carboxylic acids is 4. The smallest absolute Gasteiger partial charge is 0.301 e. The van der Waals surface area contributed by atoms with Crippen molar-refractivity contribution in [2.24, 2.45) is 0 Å². The lowest BCUT2D eigenvalue weighted by Crippen LogP contribution is -2.48. The molecule has 1 aromatic carbocycles. The molecule has 3 saturated heterocycles. The van der Waals surface area contributed by atoms with Crippen molar-refractivity contribution in [1.82, 2.24) is 39.8 Å². The zero-order valence-electron chi connectivity index (χ0n) is 35.4. The Morgan fingerprint density at radius 2 is 1.70 bits per heavy atom. The summed E-state index contributed by atoms with van der Waals surface area (Å²) in [4.78, 5) is 71.3. The van der Waals surface area contributed by atoms with E-state index in [1.807, 2.05) is 18.2 Å². The van der Waals surface area contributed by atoms with E-state index in [1.54, 1.807) is 37.6 Å². The number of pyridine rings is 3. The molecule has 7 heterocycles. The molecule has 20 heteroatoms. The third kappa shape index (κ3) is 9.73. The fourth-order valence-electron chi connectivity index (χ4n) is 8.36. The lowest BCUT2D eigenvalue weighted by Gasteiger charge is -2.34. The van der Waals surface area contributed by atoms with Gasteiger partial charge in [0.25, 0.3) is 0 Å². The van der Waals surface area contributed by atoms with Gasteiger partial charge in [-0.15, -0.1) is 0 Å². The maximum atomic E-state index is 15.7. The van der Waals surface area contributed by atoms with Gasteiger partial charge in [-0.3, -0.25) is 39.1 Å². The van der Waals surface area contributed by atoms with E-state index in [1.165, 1.54) is 13.2 Å². The van der Waals surface area contributed by atoms with E-state index in [9.17, 15) is 27.6 Å². The average Bonchev–Trinajstić information content (AvgIpc) is 3.72. The van der Waals surface area contributed by atoms with Crippen LogP contribution in [0.3, 0.4) is 0 Å². The van der Waals surface area contributed by atoms with Crippen LogP contribution in [0.5, 0.6) is 0 Å². The Labute approximate surface area is 368 Å². The molecule has 3 amide bonds. The molecule has 0 spiro atoms. The second kappa shape index (κ2) is 18.8. The maximum absolute atomic E-state index is 15.7. The number of aromatic amines is 1. The normalized spacial score (nSPS) is 18.0. The highest BCUT2D eigenvalue weighted by Crippen LogP contribution is 2.32. The topological polar surface area (TPSA) is 215 Å². The van der Waals surface area contributed by atoms with Gasteiger partial charge in [0.2, 0.25) is 23.5 Å². The number of piperidine rings is 3. The average molecular weight is 898 g/mol. The van der Waals surface area contributed by atoms with E-state index in [4.69, 9.17) is 0 Å². The predicted molar refractivity (Wildman–Crippen MR) is 236 cm³/mol. The zero-order valence-corrected chi connectivity index (χ0v) is 36.2. The van der Waals surface area contributed by atoms with Crippen molar-refractivity contribution in [3.05, 3.63) is 95.7 Å². The molecule has 1 unspecified atom stereocenters. The first kappa shape index (κ1) is 44.2. The fraction of sp³-hybridized carbons (Fsp3) is 0.386. The number of nitrogens with one attached hydrogen (secondary N) is 5. The van der Waals surface area contributed by atoms with Gasteiger partial charge in [0.15, 0.2) is 5.82 Å². The van der Waals surface area contributed by atoms with Crippen molar-refractivity contribution in [3.63, 3.8) is 0 Å². The van der Waals surface area contributed by atoms with E-state index < -0.39 is 44.9 Å². The molecule has 64 heavy (non-hydrogen) atoms. The summed E-state index contributed by atoms with van der Waals surface area (Å²) >= 11 is 0.